The highest BCUT2D eigenvalue weighted by molar-refractivity contribution is 5.79. The molecule has 1 aromatic heterocycles. The summed E-state index contributed by atoms with van der Waals surface area (Å²) >= 11 is 0. The van der Waals surface area contributed by atoms with Gasteiger partial charge in [0.1, 0.15) is 5.60 Å². The van der Waals surface area contributed by atoms with Crippen LogP contribution in [0.4, 0.5) is 10.5 Å². The molecule has 0 bridgehead atoms. The third-order valence-electron chi connectivity index (χ3n) is 6.05. The van der Waals surface area contributed by atoms with Gasteiger partial charge in [0, 0.05) is 63.8 Å². The van der Waals surface area contributed by atoms with Crippen LogP contribution in [0.15, 0.2) is 24.5 Å². The Labute approximate surface area is 180 Å². The van der Waals surface area contributed by atoms with Gasteiger partial charge in [-0.25, -0.2) is 4.79 Å². The minimum atomic E-state index is -0.475. The van der Waals surface area contributed by atoms with Crippen molar-refractivity contribution in [1.82, 2.24) is 14.8 Å². The van der Waals surface area contributed by atoms with Crippen molar-refractivity contribution >= 4 is 17.7 Å². The van der Waals surface area contributed by atoms with E-state index in [0.717, 1.165) is 51.9 Å². The van der Waals surface area contributed by atoms with E-state index >= 15 is 0 Å². The number of carbonyl (C=O) groups is 2. The summed E-state index contributed by atoms with van der Waals surface area (Å²) in [4.78, 5) is 35.3. The second-order valence-corrected chi connectivity index (χ2v) is 9.60. The SMILES string of the molecule is CN(C[C@H]1CC[C@H](C(=O)N2CCN(c3ccncc3)CC2)CC1)C(=O)OC(C)(C)C. The quantitative estimate of drug-likeness (QED) is 0.753. The first kappa shape index (κ1) is 22.4. The second kappa shape index (κ2) is 9.67. The van der Waals surface area contributed by atoms with Crippen molar-refractivity contribution in [3.05, 3.63) is 24.5 Å². The van der Waals surface area contributed by atoms with Crippen molar-refractivity contribution in [2.75, 3.05) is 44.7 Å². The summed E-state index contributed by atoms with van der Waals surface area (Å²) in [6.45, 7) is 9.63. The molecule has 0 spiro atoms. The zero-order valence-electron chi connectivity index (χ0n) is 18.8. The molecule has 7 nitrogen and oxygen atoms in total. The van der Waals surface area contributed by atoms with Crippen LogP contribution in [0.2, 0.25) is 0 Å². The first-order valence-corrected chi connectivity index (χ1v) is 11.1. The number of nitrogens with zero attached hydrogens (tertiary/aromatic N) is 4. The predicted octanol–water partition coefficient (Wildman–Crippen LogP) is 3.40. The molecule has 1 saturated heterocycles. The number of pyridine rings is 1. The molecule has 2 amide bonds. The Balaban J connectivity index is 1.41. The fourth-order valence-electron chi connectivity index (χ4n) is 4.39. The summed E-state index contributed by atoms with van der Waals surface area (Å²) < 4.78 is 5.44. The summed E-state index contributed by atoms with van der Waals surface area (Å²) in [5.74, 6) is 0.874. The van der Waals surface area contributed by atoms with E-state index in [2.05, 4.69) is 9.88 Å². The number of piperazine rings is 1. The molecule has 0 N–H and O–H groups in total. The lowest BCUT2D eigenvalue weighted by atomic mass is 9.81. The molecule has 3 rings (SSSR count). The number of carbonyl (C=O) groups excluding carboxylic acids is 2. The Morgan fingerprint density at radius 1 is 1.07 bits per heavy atom. The van der Waals surface area contributed by atoms with Crippen molar-refractivity contribution in [2.24, 2.45) is 11.8 Å². The van der Waals surface area contributed by atoms with Gasteiger partial charge in [-0.3, -0.25) is 9.78 Å². The zero-order chi connectivity index (χ0) is 21.7. The van der Waals surface area contributed by atoms with Crippen molar-refractivity contribution < 1.29 is 14.3 Å². The van der Waals surface area contributed by atoms with E-state index < -0.39 is 5.60 Å². The summed E-state index contributed by atoms with van der Waals surface area (Å²) in [5, 5.41) is 0. The predicted molar refractivity (Wildman–Crippen MR) is 117 cm³/mol. The average molecular weight is 417 g/mol. The highest BCUT2D eigenvalue weighted by Gasteiger charge is 2.32. The summed E-state index contributed by atoms with van der Waals surface area (Å²) in [5.41, 5.74) is 0.698. The minimum absolute atomic E-state index is 0.126. The van der Waals surface area contributed by atoms with Crippen molar-refractivity contribution in [1.29, 1.82) is 0 Å². The Morgan fingerprint density at radius 2 is 1.67 bits per heavy atom. The van der Waals surface area contributed by atoms with Crippen molar-refractivity contribution in [2.45, 2.75) is 52.1 Å². The lowest BCUT2D eigenvalue weighted by Crippen LogP contribution is -2.51. The van der Waals surface area contributed by atoms with Crippen molar-refractivity contribution in [3.8, 4) is 0 Å². The second-order valence-electron chi connectivity index (χ2n) is 9.60. The van der Waals surface area contributed by atoms with Crippen LogP contribution in [0.5, 0.6) is 0 Å². The van der Waals surface area contributed by atoms with Crippen LogP contribution >= 0.6 is 0 Å². The summed E-state index contributed by atoms with van der Waals surface area (Å²) in [6.07, 6.45) is 7.15. The van der Waals surface area contributed by atoms with Gasteiger partial charge in [0.15, 0.2) is 0 Å². The molecule has 166 valence electrons. The van der Waals surface area contributed by atoms with Crippen LogP contribution < -0.4 is 4.90 Å². The van der Waals surface area contributed by atoms with Crippen LogP contribution in [0.1, 0.15) is 46.5 Å². The Morgan fingerprint density at radius 3 is 2.23 bits per heavy atom. The molecule has 1 aliphatic heterocycles. The van der Waals surface area contributed by atoms with E-state index in [-0.39, 0.29) is 12.0 Å². The largest absolute Gasteiger partial charge is 0.444 e. The smallest absolute Gasteiger partial charge is 0.410 e. The van der Waals surface area contributed by atoms with E-state index in [1.54, 1.807) is 11.9 Å². The van der Waals surface area contributed by atoms with Gasteiger partial charge < -0.3 is 19.4 Å². The Bertz CT molecular complexity index is 703. The van der Waals surface area contributed by atoms with E-state index in [4.69, 9.17) is 4.74 Å². The van der Waals surface area contributed by atoms with E-state index in [1.165, 1.54) is 5.69 Å². The number of aromatic nitrogens is 1. The van der Waals surface area contributed by atoms with Crippen LogP contribution in [-0.4, -0.2) is 72.2 Å². The third kappa shape index (κ3) is 6.09. The highest BCUT2D eigenvalue weighted by atomic mass is 16.6. The summed E-state index contributed by atoms with van der Waals surface area (Å²) in [7, 11) is 1.80. The summed E-state index contributed by atoms with van der Waals surface area (Å²) in [6, 6.07) is 4.04. The van der Waals surface area contributed by atoms with Crippen LogP contribution in [0, 0.1) is 11.8 Å². The standard InChI is InChI=1S/C23H36N4O3/c1-23(2,3)30-22(29)25(4)17-18-5-7-19(8-6-18)21(28)27-15-13-26(14-16-27)20-9-11-24-12-10-20/h9-12,18-19H,5-8,13-17H2,1-4H3/t18-,19-. The topological polar surface area (TPSA) is 66.0 Å². The molecule has 2 fully saturated rings. The van der Waals surface area contributed by atoms with Gasteiger partial charge in [-0.15, -0.1) is 0 Å². The first-order chi connectivity index (χ1) is 14.2. The molecule has 0 aromatic carbocycles. The highest BCUT2D eigenvalue weighted by Crippen LogP contribution is 2.31. The Hall–Kier alpha value is -2.31. The number of anilines is 1. The lowest BCUT2D eigenvalue weighted by Gasteiger charge is -2.39. The van der Waals surface area contributed by atoms with E-state index in [9.17, 15) is 9.59 Å². The normalized spacial score (nSPS) is 22.5. The van der Waals surface area contributed by atoms with Gasteiger partial charge >= 0.3 is 6.09 Å². The molecule has 0 radical (unpaired) electrons. The van der Waals surface area contributed by atoms with Crippen LogP contribution in [-0.2, 0) is 9.53 Å². The molecule has 0 unspecified atom stereocenters. The molecule has 30 heavy (non-hydrogen) atoms. The van der Waals surface area contributed by atoms with Gasteiger partial charge in [0.2, 0.25) is 5.91 Å². The average Bonchev–Trinajstić information content (AvgIpc) is 2.73. The number of hydrogen-bond acceptors (Lipinski definition) is 5. The zero-order valence-corrected chi connectivity index (χ0v) is 18.8. The van der Waals surface area contributed by atoms with Gasteiger partial charge in [-0.2, -0.15) is 0 Å². The van der Waals surface area contributed by atoms with Crippen LogP contribution in [0.25, 0.3) is 0 Å². The molecule has 1 aliphatic carbocycles. The molecular formula is C23H36N4O3. The van der Waals surface area contributed by atoms with E-state index in [0.29, 0.717) is 18.4 Å². The van der Waals surface area contributed by atoms with Gasteiger partial charge in [0.25, 0.3) is 0 Å². The molecule has 7 heteroatoms. The maximum Gasteiger partial charge on any atom is 0.410 e. The van der Waals surface area contributed by atoms with Crippen LogP contribution in [0.3, 0.4) is 0 Å². The van der Waals surface area contributed by atoms with Crippen molar-refractivity contribution in [3.63, 3.8) is 0 Å². The third-order valence-corrected chi connectivity index (χ3v) is 6.05. The van der Waals surface area contributed by atoms with E-state index in [1.807, 2.05) is 50.2 Å². The maximum absolute atomic E-state index is 13.0. The first-order valence-electron chi connectivity index (χ1n) is 11.1. The van der Waals surface area contributed by atoms with Gasteiger partial charge in [0.05, 0.1) is 0 Å². The fraction of sp³-hybridized carbons (Fsp3) is 0.696. The van der Waals surface area contributed by atoms with Gasteiger partial charge in [-0.1, -0.05) is 0 Å². The number of hydrogen-bond donors (Lipinski definition) is 0. The monoisotopic (exact) mass is 416 g/mol. The molecule has 1 saturated carbocycles. The fourth-order valence-corrected chi connectivity index (χ4v) is 4.39. The van der Waals surface area contributed by atoms with Gasteiger partial charge in [-0.05, 0) is 64.5 Å². The number of amides is 2. The lowest BCUT2D eigenvalue weighted by molar-refractivity contribution is -0.137. The number of rotatable bonds is 4. The number of ether oxygens (including phenoxy) is 1. The molecular weight excluding hydrogens is 380 g/mol. The molecule has 2 aliphatic rings. The molecule has 1 aromatic rings. The Kier molecular flexibility index (Phi) is 7.21. The molecule has 2 heterocycles. The molecule has 0 atom stereocenters. The minimum Gasteiger partial charge on any atom is -0.444 e. The maximum atomic E-state index is 13.0.